The van der Waals surface area contributed by atoms with E-state index in [1.54, 1.807) is 0 Å². The third kappa shape index (κ3) is 3.82. The van der Waals surface area contributed by atoms with Crippen LogP contribution >= 0.6 is 0 Å². The highest BCUT2D eigenvalue weighted by atomic mass is 14.9. The van der Waals surface area contributed by atoms with Crippen molar-refractivity contribution in [3.8, 4) is 0 Å². The van der Waals surface area contributed by atoms with Crippen LogP contribution in [0.2, 0.25) is 0 Å². The maximum absolute atomic E-state index is 6.18. The molecule has 4 rings (SSSR count). The molecule has 0 radical (unpaired) electrons. The molecule has 0 saturated carbocycles. The maximum Gasteiger partial charge on any atom is 0.150 e. The van der Waals surface area contributed by atoms with E-state index in [4.69, 9.17) is 5.73 Å². The Morgan fingerprint density at radius 2 is 1.69 bits per heavy atom. The fraction of sp³-hybridized carbons (Fsp3) is 0.308. The van der Waals surface area contributed by atoms with Crippen LogP contribution in [0.5, 0.6) is 0 Å². The van der Waals surface area contributed by atoms with Gasteiger partial charge < -0.3 is 5.73 Å². The SMILES string of the molecule is Cc1ccc2c(c1)nc(N)c1ncc(CCc3ccc(C(C)(C)C)cc3C)cc12. The second-order valence-corrected chi connectivity index (χ2v) is 9.15. The Hall–Kier alpha value is -2.94. The molecule has 2 heterocycles. The summed E-state index contributed by atoms with van der Waals surface area (Å²) in [6.45, 7) is 11.1. The first-order valence-corrected chi connectivity index (χ1v) is 10.3. The highest BCUT2D eigenvalue weighted by Crippen LogP contribution is 2.29. The van der Waals surface area contributed by atoms with Crippen molar-refractivity contribution in [1.82, 2.24) is 9.97 Å². The van der Waals surface area contributed by atoms with Gasteiger partial charge in [0.05, 0.1) is 5.52 Å². The number of aromatic nitrogens is 2. The lowest BCUT2D eigenvalue weighted by atomic mass is 9.85. The summed E-state index contributed by atoms with van der Waals surface area (Å²) in [5.41, 5.74) is 14.6. The number of hydrogen-bond donors (Lipinski definition) is 1. The molecule has 148 valence electrons. The average molecular weight is 384 g/mol. The summed E-state index contributed by atoms with van der Waals surface area (Å²) < 4.78 is 0. The van der Waals surface area contributed by atoms with E-state index in [1.807, 2.05) is 6.20 Å². The van der Waals surface area contributed by atoms with Crippen molar-refractivity contribution in [2.45, 2.75) is 52.9 Å². The van der Waals surface area contributed by atoms with E-state index in [0.29, 0.717) is 5.82 Å². The lowest BCUT2D eigenvalue weighted by molar-refractivity contribution is 0.589. The monoisotopic (exact) mass is 383 g/mol. The van der Waals surface area contributed by atoms with Crippen molar-refractivity contribution in [3.63, 3.8) is 0 Å². The van der Waals surface area contributed by atoms with E-state index >= 15 is 0 Å². The van der Waals surface area contributed by atoms with Crippen LogP contribution in [-0.2, 0) is 18.3 Å². The first-order chi connectivity index (χ1) is 13.7. The minimum Gasteiger partial charge on any atom is -0.382 e. The van der Waals surface area contributed by atoms with Crippen LogP contribution in [0.25, 0.3) is 21.8 Å². The molecule has 2 aromatic carbocycles. The molecular weight excluding hydrogens is 354 g/mol. The fourth-order valence-corrected chi connectivity index (χ4v) is 3.92. The summed E-state index contributed by atoms with van der Waals surface area (Å²) in [5.74, 6) is 0.498. The molecule has 0 unspecified atom stereocenters. The highest BCUT2D eigenvalue weighted by Gasteiger charge is 2.14. The first kappa shape index (κ1) is 19.4. The minimum atomic E-state index is 0.179. The number of nitrogen functional groups attached to an aromatic ring is 1. The van der Waals surface area contributed by atoms with Gasteiger partial charge in [0.15, 0.2) is 5.82 Å². The molecule has 3 heteroatoms. The molecule has 2 N–H and O–H groups in total. The summed E-state index contributed by atoms with van der Waals surface area (Å²) >= 11 is 0. The molecule has 0 aliphatic carbocycles. The predicted molar refractivity (Wildman–Crippen MR) is 123 cm³/mol. The van der Waals surface area contributed by atoms with Gasteiger partial charge in [-0.05, 0) is 72.1 Å². The minimum absolute atomic E-state index is 0.179. The quantitative estimate of drug-likeness (QED) is 0.437. The van der Waals surface area contributed by atoms with Crippen LogP contribution in [0.3, 0.4) is 0 Å². The lowest BCUT2D eigenvalue weighted by Gasteiger charge is -2.20. The zero-order valence-corrected chi connectivity index (χ0v) is 18.0. The van der Waals surface area contributed by atoms with Gasteiger partial charge in [0, 0.05) is 17.0 Å². The average Bonchev–Trinajstić information content (AvgIpc) is 2.66. The predicted octanol–water partition coefficient (Wildman–Crippen LogP) is 6.06. The van der Waals surface area contributed by atoms with Gasteiger partial charge in [-0.15, -0.1) is 0 Å². The smallest absolute Gasteiger partial charge is 0.150 e. The number of rotatable bonds is 3. The summed E-state index contributed by atoms with van der Waals surface area (Å²) in [4.78, 5) is 9.19. The molecule has 0 amide bonds. The van der Waals surface area contributed by atoms with Gasteiger partial charge in [0.25, 0.3) is 0 Å². The lowest BCUT2D eigenvalue weighted by Crippen LogP contribution is -2.11. The largest absolute Gasteiger partial charge is 0.382 e. The van der Waals surface area contributed by atoms with Crippen LogP contribution in [-0.4, -0.2) is 9.97 Å². The number of anilines is 1. The van der Waals surface area contributed by atoms with Crippen molar-refractivity contribution in [2.24, 2.45) is 0 Å². The normalized spacial score (nSPS) is 12.0. The van der Waals surface area contributed by atoms with Crippen LogP contribution in [0, 0.1) is 13.8 Å². The highest BCUT2D eigenvalue weighted by molar-refractivity contribution is 6.08. The zero-order chi connectivity index (χ0) is 20.8. The summed E-state index contributed by atoms with van der Waals surface area (Å²) in [5, 5.41) is 2.20. The molecule has 0 atom stereocenters. The molecule has 4 aromatic rings. The van der Waals surface area contributed by atoms with E-state index in [2.05, 4.69) is 87.1 Å². The van der Waals surface area contributed by atoms with E-state index < -0.39 is 0 Å². The standard InChI is InChI=1S/C26H29N3/c1-16-6-11-21-22-14-18(15-28-24(22)25(27)29-23(21)12-16)7-8-19-9-10-20(13-17(19)2)26(3,4)5/h6,9-15H,7-8H2,1-5H3,(H2,27,29). The molecule has 0 aliphatic rings. The number of hydrogen-bond acceptors (Lipinski definition) is 3. The Kier molecular flexibility index (Phi) is 4.77. The molecule has 2 aromatic heterocycles. The zero-order valence-electron chi connectivity index (χ0n) is 18.0. The van der Waals surface area contributed by atoms with Gasteiger partial charge in [-0.2, -0.15) is 0 Å². The molecule has 0 spiro atoms. The van der Waals surface area contributed by atoms with Gasteiger partial charge in [0.2, 0.25) is 0 Å². The van der Waals surface area contributed by atoms with Gasteiger partial charge in [0.1, 0.15) is 5.52 Å². The van der Waals surface area contributed by atoms with Gasteiger partial charge in [-0.25, -0.2) is 4.98 Å². The fourth-order valence-electron chi connectivity index (χ4n) is 3.92. The molecule has 29 heavy (non-hydrogen) atoms. The molecule has 0 saturated heterocycles. The topological polar surface area (TPSA) is 51.8 Å². The second-order valence-electron chi connectivity index (χ2n) is 9.15. The molecule has 0 aliphatic heterocycles. The van der Waals surface area contributed by atoms with Crippen molar-refractivity contribution in [1.29, 1.82) is 0 Å². The summed E-state index contributed by atoms with van der Waals surface area (Å²) in [7, 11) is 0. The van der Waals surface area contributed by atoms with Crippen molar-refractivity contribution < 1.29 is 0 Å². The summed E-state index contributed by atoms with van der Waals surface area (Å²) in [6, 6.07) is 15.4. The third-order valence-corrected chi connectivity index (χ3v) is 5.76. The van der Waals surface area contributed by atoms with Crippen molar-refractivity contribution in [3.05, 3.63) is 76.5 Å². The molecular formula is C26H29N3. The Morgan fingerprint density at radius 3 is 2.41 bits per heavy atom. The Bertz CT molecular complexity index is 1220. The number of fused-ring (bicyclic) bond motifs is 3. The molecule has 0 fully saturated rings. The number of nitrogens with two attached hydrogens (primary N) is 1. The Balaban J connectivity index is 1.66. The van der Waals surface area contributed by atoms with Crippen LogP contribution in [0.15, 0.2) is 48.7 Å². The van der Waals surface area contributed by atoms with E-state index in [-0.39, 0.29) is 5.41 Å². The van der Waals surface area contributed by atoms with Crippen LogP contribution in [0.4, 0.5) is 5.82 Å². The van der Waals surface area contributed by atoms with Crippen molar-refractivity contribution in [2.75, 3.05) is 5.73 Å². The summed E-state index contributed by atoms with van der Waals surface area (Å²) in [6.07, 6.45) is 3.90. The van der Waals surface area contributed by atoms with Gasteiger partial charge >= 0.3 is 0 Å². The van der Waals surface area contributed by atoms with Gasteiger partial charge in [-0.1, -0.05) is 51.1 Å². The van der Waals surface area contributed by atoms with E-state index in [1.165, 1.54) is 27.8 Å². The van der Waals surface area contributed by atoms with Gasteiger partial charge in [-0.3, -0.25) is 4.98 Å². The van der Waals surface area contributed by atoms with Crippen LogP contribution in [0.1, 0.15) is 48.6 Å². The number of benzene rings is 2. The first-order valence-electron chi connectivity index (χ1n) is 10.3. The number of nitrogens with zero attached hydrogens (tertiary/aromatic N) is 2. The van der Waals surface area contributed by atoms with Crippen molar-refractivity contribution >= 4 is 27.6 Å². The Labute approximate surface area is 173 Å². The molecule has 0 bridgehead atoms. The second kappa shape index (κ2) is 7.14. The van der Waals surface area contributed by atoms with E-state index in [9.17, 15) is 0 Å². The number of pyridine rings is 2. The third-order valence-electron chi connectivity index (χ3n) is 5.76. The Morgan fingerprint density at radius 1 is 0.897 bits per heavy atom. The number of aryl methyl sites for hydroxylation is 4. The maximum atomic E-state index is 6.18. The van der Waals surface area contributed by atoms with E-state index in [0.717, 1.165) is 34.6 Å². The van der Waals surface area contributed by atoms with Crippen LogP contribution < -0.4 is 5.73 Å². The molecule has 3 nitrogen and oxygen atoms in total.